The van der Waals surface area contributed by atoms with E-state index in [0.717, 1.165) is 41.7 Å². The van der Waals surface area contributed by atoms with E-state index in [1.165, 1.54) is 0 Å². The van der Waals surface area contributed by atoms with E-state index in [1.807, 2.05) is 49.4 Å². The highest BCUT2D eigenvalue weighted by molar-refractivity contribution is 5.38. The van der Waals surface area contributed by atoms with E-state index in [0.29, 0.717) is 12.0 Å². The van der Waals surface area contributed by atoms with Gasteiger partial charge >= 0.3 is 0 Å². The fourth-order valence-electron chi connectivity index (χ4n) is 4.81. The molecule has 7 heteroatoms. The molecule has 0 spiro atoms. The molecule has 2 fully saturated rings. The van der Waals surface area contributed by atoms with Crippen LogP contribution in [-0.2, 0) is 15.9 Å². The van der Waals surface area contributed by atoms with E-state index in [-0.39, 0.29) is 12.2 Å². The zero-order valence-electron chi connectivity index (χ0n) is 19.1. The summed E-state index contributed by atoms with van der Waals surface area (Å²) in [5, 5.41) is 40.1. The van der Waals surface area contributed by atoms with Crippen LogP contribution in [0.4, 0.5) is 0 Å². The molecule has 7 atom stereocenters. The average molecular weight is 459 g/mol. The molecule has 2 aromatic carbocycles. The zero-order valence-corrected chi connectivity index (χ0v) is 19.1. The van der Waals surface area contributed by atoms with E-state index in [2.05, 4.69) is 0 Å². The van der Waals surface area contributed by atoms with Gasteiger partial charge in [-0.1, -0.05) is 30.3 Å². The molecule has 1 aliphatic carbocycles. The fourth-order valence-corrected chi connectivity index (χ4v) is 4.81. The summed E-state index contributed by atoms with van der Waals surface area (Å²) >= 11 is 0. The van der Waals surface area contributed by atoms with Gasteiger partial charge < -0.3 is 34.6 Å². The third kappa shape index (κ3) is 5.24. The summed E-state index contributed by atoms with van der Waals surface area (Å²) in [6.07, 6.45) is -1.73. The molecule has 1 saturated heterocycles. The van der Waals surface area contributed by atoms with Crippen molar-refractivity contribution in [2.45, 2.75) is 75.3 Å². The maximum Gasteiger partial charge on any atom is 0.125 e. The molecule has 1 saturated carbocycles. The second-order valence-electron chi connectivity index (χ2n) is 9.12. The van der Waals surface area contributed by atoms with Crippen molar-refractivity contribution in [2.75, 3.05) is 13.7 Å². The first kappa shape index (κ1) is 24.1. The molecule has 0 amide bonds. The summed E-state index contributed by atoms with van der Waals surface area (Å²) in [5.41, 5.74) is 3.97. The Morgan fingerprint density at radius 3 is 2.36 bits per heavy atom. The van der Waals surface area contributed by atoms with Crippen LogP contribution in [0.3, 0.4) is 0 Å². The minimum Gasteiger partial charge on any atom is -0.488 e. The van der Waals surface area contributed by atoms with Crippen LogP contribution in [0, 0.1) is 6.92 Å². The number of rotatable bonds is 7. The van der Waals surface area contributed by atoms with Gasteiger partial charge in [-0.3, -0.25) is 0 Å². The Balaban J connectivity index is 1.47. The molecular weight excluding hydrogens is 424 g/mol. The quantitative estimate of drug-likeness (QED) is 0.503. The van der Waals surface area contributed by atoms with Crippen molar-refractivity contribution in [3.63, 3.8) is 0 Å². The van der Waals surface area contributed by atoms with E-state index >= 15 is 0 Å². The number of ether oxygens (including phenoxy) is 3. The number of aryl methyl sites for hydroxylation is 1. The Morgan fingerprint density at radius 1 is 0.939 bits per heavy atom. The highest BCUT2D eigenvalue weighted by Crippen LogP contribution is 2.34. The molecule has 1 heterocycles. The molecule has 2 aromatic rings. The monoisotopic (exact) mass is 458 g/mol. The first-order valence-corrected chi connectivity index (χ1v) is 11.6. The van der Waals surface area contributed by atoms with Gasteiger partial charge in [-0.25, -0.2) is 0 Å². The standard InChI is InChI=1S/C26H34O7/c1-15-6-9-17(26-25(30)24(29)23(28)22(14-27)33-26)13-18(15)12-16-7-10-19(11-8-16)32-21-5-3-4-20(21)31-2/h6-11,13,20-30H,3-5,12,14H2,1-2H3/t20-,21+,22+,23+,24-,25+,26-/m0/s1. The molecule has 33 heavy (non-hydrogen) atoms. The van der Waals surface area contributed by atoms with Crippen LogP contribution in [0.15, 0.2) is 42.5 Å². The first-order chi connectivity index (χ1) is 15.9. The van der Waals surface area contributed by atoms with Crippen molar-refractivity contribution in [3.05, 3.63) is 64.7 Å². The molecule has 7 nitrogen and oxygen atoms in total. The Labute approximate surface area is 194 Å². The molecule has 4 N–H and O–H groups in total. The first-order valence-electron chi connectivity index (χ1n) is 11.6. The largest absolute Gasteiger partial charge is 0.488 e. The minimum absolute atomic E-state index is 0.0957. The van der Waals surface area contributed by atoms with Gasteiger partial charge in [0.25, 0.3) is 0 Å². The molecule has 0 radical (unpaired) electrons. The molecule has 1 aliphatic heterocycles. The highest BCUT2D eigenvalue weighted by atomic mass is 16.5. The van der Waals surface area contributed by atoms with Crippen LogP contribution in [-0.4, -0.2) is 70.8 Å². The average Bonchev–Trinajstić information content (AvgIpc) is 3.27. The third-order valence-corrected chi connectivity index (χ3v) is 6.89. The maximum atomic E-state index is 10.5. The van der Waals surface area contributed by atoms with Gasteiger partial charge in [0.1, 0.15) is 42.4 Å². The van der Waals surface area contributed by atoms with Gasteiger partial charge in [0.15, 0.2) is 0 Å². The summed E-state index contributed by atoms with van der Waals surface area (Å²) in [7, 11) is 1.73. The summed E-state index contributed by atoms with van der Waals surface area (Å²) in [6.45, 7) is 1.58. The molecule has 0 unspecified atom stereocenters. The fraction of sp³-hybridized carbons (Fsp3) is 0.538. The summed E-state index contributed by atoms with van der Waals surface area (Å²) in [6, 6.07) is 13.8. The molecule has 180 valence electrons. The van der Waals surface area contributed by atoms with E-state index < -0.39 is 37.1 Å². The Kier molecular flexibility index (Phi) is 7.69. The number of hydrogen-bond donors (Lipinski definition) is 4. The zero-order chi connectivity index (χ0) is 23.5. The Morgan fingerprint density at radius 2 is 1.67 bits per heavy atom. The van der Waals surface area contributed by atoms with E-state index in [1.54, 1.807) is 7.11 Å². The van der Waals surface area contributed by atoms with E-state index in [9.17, 15) is 20.4 Å². The number of aliphatic hydroxyl groups is 4. The van der Waals surface area contributed by atoms with Crippen LogP contribution < -0.4 is 4.74 Å². The molecule has 4 rings (SSSR count). The lowest BCUT2D eigenvalue weighted by Crippen LogP contribution is -2.55. The van der Waals surface area contributed by atoms with Crippen LogP contribution in [0.25, 0.3) is 0 Å². The molecule has 0 aromatic heterocycles. The normalized spacial score (nSPS) is 32.1. The van der Waals surface area contributed by atoms with Crippen molar-refractivity contribution in [3.8, 4) is 5.75 Å². The second kappa shape index (κ2) is 10.5. The van der Waals surface area contributed by atoms with Crippen LogP contribution >= 0.6 is 0 Å². The van der Waals surface area contributed by atoms with E-state index in [4.69, 9.17) is 14.2 Å². The van der Waals surface area contributed by atoms with Gasteiger partial charge in [0.05, 0.1) is 12.7 Å². The lowest BCUT2D eigenvalue weighted by molar-refractivity contribution is -0.231. The third-order valence-electron chi connectivity index (χ3n) is 6.89. The van der Waals surface area contributed by atoms with Gasteiger partial charge in [-0.15, -0.1) is 0 Å². The Hall–Kier alpha value is -2.00. The predicted molar refractivity (Wildman–Crippen MR) is 122 cm³/mol. The maximum absolute atomic E-state index is 10.5. The smallest absolute Gasteiger partial charge is 0.125 e. The molecular formula is C26H34O7. The van der Waals surface area contributed by atoms with Crippen LogP contribution in [0.5, 0.6) is 5.75 Å². The number of aliphatic hydroxyl groups excluding tert-OH is 4. The van der Waals surface area contributed by atoms with Crippen molar-refractivity contribution < 1.29 is 34.6 Å². The van der Waals surface area contributed by atoms with Crippen molar-refractivity contribution in [1.82, 2.24) is 0 Å². The molecule has 0 bridgehead atoms. The number of methoxy groups -OCH3 is 1. The van der Waals surface area contributed by atoms with Crippen LogP contribution in [0.2, 0.25) is 0 Å². The Bertz CT molecular complexity index is 913. The lowest BCUT2D eigenvalue weighted by Gasteiger charge is -2.40. The minimum atomic E-state index is -1.39. The molecule has 2 aliphatic rings. The van der Waals surface area contributed by atoms with Crippen molar-refractivity contribution in [1.29, 1.82) is 0 Å². The summed E-state index contributed by atoms with van der Waals surface area (Å²) in [4.78, 5) is 0. The van der Waals surface area contributed by atoms with Gasteiger partial charge in [0.2, 0.25) is 0 Å². The van der Waals surface area contributed by atoms with Crippen LogP contribution in [0.1, 0.15) is 47.6 Å². The van der Waals surface area contributed by atoms with Crippen molar-refractivity contribution >= 4 is 0 Å². The number of hydrogen-bond acceptors (Lipinski definition) is 7. The van der Waals surface area contributed by atoms with Gasteiger partial charge in [0, 0.05) is 7.11 Å². The SMILES string of the molecule is CO[C@H]1CCC[C@H]1Oc1ccc(Cc2cc([C@@H]3O[C@H](CO)[C@@H](O)[C@H](O)[C@H]3O)ccc2C)cc1. The number of benzene rings is 2. The van der Waals surface area contributed by atoms with Gasteiger partial charge in [-0.2, -0.15) is 0 Å². The lowest BCUT2D eigenvalue weighted by atomic mass is 9.89. The predicted octanol–water partition coefficient (Wildman–Crippen LogP) is 2.05. The summed E-state index contributed by atoms with van der Waals surface area (Å²) in [5.74, 6) is 0.833. The second-order valence-corrected chi connectivity index (χ2v) is 9.12. The topological polar surface area (TPSA) is 109 Å². The van der Waals surface area contributed by atoms with Crippen molar-refractivity contribution in [2.24, 2.45) is 0 Å². The summed E-state index contributed by atoms with van der Waals surface area (Å²) < 4.78 is 17.4. The van der Waals surface area contributed by atoms with Gasteiger partial charge in [-0.05, 0) is 67.0 Å². The highest BCUT2D eigenvalue weighted by Gasteiger charge is 2.44.